The average molecular weight is 447 g/mol. The number of nitrogens with one attached hydrogen (secondary N) is 2. The molecule has 0 unspecified atom stereocenters. The van der Waals surface area contributed by atoms with E-state index in [0.29, 0.717) is 32.7 Å². The molecule has 2 N–H and O–H groups in total. The van der Waals surface area contributed by atoms with Crippen molar-refractivity contribution < 1.29 is 19.1 Å². The van der Waals surface area contributed by atoms with Crippen LogP contribution >= 0.6 is 0 Å². The summed E-state index contributed by atoms with van der Waals surface area (Å²) < 4.78 is 10.8. The molecular weight excluding hydrogens is 408 g/mol. The van der Waals surface area contributed by atoms with Crippen molar-refractivity contribution in [2.24, 2.45) is 0 Å². The van der Waals surface area contributed by atoms with Crippen molar-refractivity contribution in [1.82, 2.24) is 20.4 Å². The van der Waals surface area contributed by atoms with Gasteiger partial charge in [0.05, 0.1) is 18.2 Å². The van der Waals surface area contributed by atoms with Gasteiger partial charge >= 0.3 is 12.1 Å². The van der Waals surface area contributed by atoms with Gasteiger partial charge in [0.2, 0.25) is 0 Å². The van der Waals surface area contributed by atoms with Gasteiger partial charge in [-0.3, -0.25) is 0 Å². The highest BCUT2D eigenvalue weighted by atomic mass is 16.5. The molecule has 0 radical (unpaired) electrons. The Labute approximate surface area is 191 Å². The SMILES string of the molecule is COC1CCN(C(=O)NC[C@H](NC(=O)N2CCC(OC)CC2)[C@H](C)c2ccccc2)CC1. The van der Waals surface area contributed by atoms with E-state index in [4.69, 9.17) is 9.47 Å². The zero-order valence-electron chi connectivity index (χ0n) is 19.6. The molecule has 2 saturated heterocycles. The van der Waals surface area contributed by atoms with E-state index >= 15 is 0 Å². The number of amides is 4. The van der Waals surface area contributed by atoms with Crippen LogP contribution in [0.15, 0.2) is 30.3 Å². The molecule has 4 amide bonds. The second kappa shape index (κ2) is 12.1. The highest BCUT2D eigenvalue weighted by molar-refractivity contribution is 5.76. The Morgan fingerprint density at radius 2 is 1.41 bits per heavy atom. The van der Waals surface area contributed by atoms with Crippen LogP contribution in [0.3, 0.4) is 0 Å². The highest BCUT2D eigenvalue weighted by Gasteiger charge is 2.28. The van der Waals surface area contributed by atoms with E-state index in [0.717, 1.165) is 31.2 Å². The van der Waals surface area contributed by atoms with Gasteiger partial charge in [-0.1, -0.05) is 37.3 Å². The maximum absolute atomic E-state index is 13.0. The molecule has 0 saturated carbocycles. The zero-order chi connectivity index (χ0) is 22.9. The van der Waals surface area contributed by atoms with Crippen LogP contribution in [0, 0.1) is 0 Å². The lowest BCUT2D eigenvalue weighted by molar-refractivity contribution is 0.0490. The van der Waals surface area contributed by atoms with E-state index in [1.54, 1.807) is 14.2 Å². The molecule has 8 heteroatoms. The predicted molar refractivity (Wildman–Crippen MR) is 124 cm³/mol. The van der Waals surface area contributed by atoms with Gasteiger partial charge < -0.3 is 29.9 Å². The van der Waals surface area contributed by atoms with Crippen LogP contribution in [0.1, 0.15) is 44.1 Å². The third kappa shape index (κ3) is 6.59. The fourth-order valence-corrected chi connectivity index (χ4v) is 4.49. The molecule has 8 nitrogen and oxygen atoms in total. The molecule has 0 bridgehead atoms. The van der Waals surface area contributed by atoms with Crippen LogP contribution in [-0.2, 0) is 9.47 Å². The van der Waals surface area contributed by atoms with Gasteiger partial charge in [0.1, 0.15) is 0 Å². The molecule has 2 fully saturated rings. The molecule has 1 aromatic carbocycles. The van der Waals surface area contributed by atoms with Crippen molar-refractivity contribution in [3.63, 3.8) is 0 Å². The van der Waals surface area contributed by atoms with Gasteiger partial charge in [-0.15, -0.1) is 0 Å². The highest BCUT2D eigenvalue weighted by Crippen LogP contribution is 2.20. The Bertz CT molecular complexity index is 716. The maximum Gasteiger partial charge on any atom is 0.317 e. The Balaban J connectivity index is 1.59. The number of carbonyl (C=O) groups excluding carboxylic acids is 2. The number of hydrogen-bond donors (Lipinski definition) is 2. The third-order valence-corrected chi connectivity index (χ3v) is 6.84. The zero-order valence-corrected chi connectivity index (χ0v) is 19.6. The number of nitrogens with zero attached hydrogens (tertiary/aromatic N) is 2. The summed E-state index contributed by atoms with van der Waals surface area (Å²) in [5, 5.41) is 6.24. The first-order valence-electron chi connectivity index (χ1n) is 11.7. The van der Waals surface area contributed by atoms with Crippen LogP contribution in [0.5, 0.6) is 0 Å². The number of piperidine rings is 2. The largest absolute Gasteiger partial charge is 0.381 e. The van der Waals surface area contributed by atoms with E-state index in [1.165, 1.54) is 0 Å². The number of methoxy groups -OCH3 is 2. The van der Waals surface area contributed by atoms with Crippen molar-refractivity contribution in [2.75, 3.05) is 46.9 Å². The fourth-order valence-electron chi connectivity index (χ4n) is 4.49. The number of urea groups is 2. The number of hydrogen-bond acceptors (Lipinski definition) is 4. The third-order valence-electron chi connectivity index (χ3n) is 6.84. The van der Waals surface area contributed by atoms with E-state index in [2.05, 4.69) is 29.7 Å². The van der Waals surface area contributed by atoms with Crippen LogP contribution < -0.4 is 10.6 Å². The molecule has 2 aliphatic rings. The smallest absolute Gasteiger partial charge is 0.317 e. The van der Waals surface area contributed by atoms with Gasteiger partial charge in [0.15, 0.2) is 0 Å². The van der Waals surface area contributed by atoms with Crippen molar-refractivity contribution in [2.45, 2.75) is 56.8 Å². The summed E-state index contributed by atoms with van der Waals surface area (Å²) in [5.41, 5.74) is 1.13. The summed E-state index contributed by atoms with van der Waals surface area (Å²) in [5.74, 6) is 0.0520. The van der Waals surface area contributed by atoms with Crippen LogP contribution in [0.25, 0.3) is 0 Å². The summed E-state index contributed by atoms with van der Waals surface area (Å²) in [6.07, 6.45) is 3.84. The summed E-state index contributed by atoms with van der Waals surface area (Å²) in [7, 11) is 3.44. The van der Waals surface area contributed by atoms with E-state index in [-0.39, 0.29) is 36.2 Å². The van der Waals surface area contributed by atoms with E-state index in [1.807, 2.05) is 28.0 Å². The Morgan fingerprint density at radius 1 is 0.906 bits per heavy atom. The molecule has 2 heterocycles. The van der Waals surface area contributed by atoms with Crippen LogP contribution in [-0.4, -0.2) is 87.1 Å². The lowest BCUT2D eigenvalue weighted by Crippen LogP contribution is -2.54. The number of rotatable bonds is 7. The Morgan fingerprint density at radius 3 is 1.91 bits per heavy atom. The van der Waals surface area contributed by atoms with Crippen molar-refractivity contribution in [3.05, 3.63) is 35.9 Å². The monoisotopic (exact) mass is 446 g/mol. The quantitative estimate of drug-likeness (QED) is 0.675. The minimum absolute atomic E-state index is 0.0520. The fraction of sp³-hybridized carbons (Fsp3) is 0.667. The normalized spacial score (nSPS) is 20.0. The molecule has 178 valence electrons. The minimum atomic E-state index is -0.217. The topological polar surface area (TPSA) is 83.1 Å². The lowest BCUT2D eigenvalue weighted by Gasteiger charge is -2.35. The number of ether oxygens (including phenoxy) is 2. The van der Waals surface area contributed by atoms with Crippen molar-refractivity contribution in [1.29, 1.82) is 0 Å². The van der Waals surface area contributed by atoms with Gasteiger partial charge in [0.25, 0.3) is 0 Å². The lowest BCUT2D eigenvalue weighted by atomic mass is 9.93. The summed E-state index contributed by atoms with van der Waals surface area (Å²) in [6, 6.07) is 9.72. The number of benzene rings is 1. The molecule has 1 aromatic rings. The Kier molecular flexibility index (Phi) is 9.17. The summed E-state index contributed by atoms with van der Waals surface area (Å²) in [6.45, 7) is 5.19. The van der Waals surface area contributed by atoms with Crippen molar-refractivity contribution in [3.8, 4) is 0 Å². The van der Waals surface area contributed by atoms with Gasteiger partial charge in [-0.25, -0.2) is 9.59 Å². The van der Waals surface area contributed by atoms with Crippen molar-refractivity contribution >= 4 is 12.1 Å². The van der Waals surface area contributed by atoms with E-state index < -0.39 is 0 Å². The molecule has 2 atom stereocenters. The predicted octanol–water partition coefficient (Wildman–Crippen LogP) is 2.80. The first kappa shape index (κ1) is 24.3. The molecule has 3 rings (SSSR count). The second-order valence-corrected chi connectivity index (χ2v) is 8.79. The second-order valence-electron chi connectivity index (χ2n) is 8.79. The average Bonchev–Trinajstić information content (AvgIpc) is 2.86. The molecule has 0 aromatic heterocycles. The minimum Gasteiger partial charge on any atom is -0.381 e. The molecule has 0 aliphatic carbocycles. The number of likely N-dealkylation sites (tertiary alicyclic amines) is 2. The molecule has 0 spiro atoms. The van der Waals surface area contributed by atoms with Crippen LogP contribution in [0.4, 0.5) is 9.59 Å². The standard InChI is InChI=1S/C24H38N4O4/c1-18(19-7-5-4-6-8-19)22(26-24(30)28-15-11-21(32-3)12-16-28)17-25-23(29)27-13-9-20(31-2)10-14-27/h4-8,18,20-22H,9-17H2,1-3H3,(H,25,29)(H,26,30)/t18-,22+/m1/s1. The first-order valence-corrected chi connectivity index (χ1v) is 11.7. The maximum atomic E-state index is 13.0. The van der Waals surface area contributed by atoms with Gasteiger partial charge in [-0.2, -0.15) is 0 Å². The molecule has 2 aliphatic heterocycles. The van der Waals surface area contributed by atoms with Crippen LogP contribution in [0.2, 0.25) is 0 Å². The van der Waals surface area contributed by atoms with E-state index in [9.17, 15) is 9.59 Å². The van der Waals surface area contributed by atoms with Gasteiger partial charge in [0, 0.05) is 52.9 Å². The van der Waals surface area contributed by atoms with Gasteiger partial charge in [-0.05, 0) is 31.2 Å². The molecule has 32 heavy (non-hydrogen) atoms. The summed E-state index contributed by atoms with van der Waals surface area (Å²) >= 11 is 0. The number of carbonyl (C=O) groups is 2. The summed E-state index contributed by atoms with van der Waals surface area (Å²) in [4.78, 5) is 29.4. The molecular formula is C24H38N4O4. The Hall–Kier alpha value is -2.32. The first-order chi connectivity index (χ1) is 15.5.